The molecule has 26 heavy (non-hydrogen) atoms. The molecule has 1 aromatic rings. The Labute approximate surface area is 151 Å². The van der Waals surface area contributed by atoms with E-state index in [1.807, 2.05) is 13.8 Å². The molecule has 1 unspecified atom stereocenters. The number of anilines is 1. The van der Waals surface area contributed by atoms with Crippen LogP contribution < -0.4 is 5.73 Å². The van der Waals surface area contributed by atoms with Crippen LogP contribution in [0.2, 0.25) is 0 Å². The highest BCUT2D eigenvalue weighted by atomic mass is 19.1. The van der Waals surface area contributed by atoms with Crippen molar-refractivity contribution in [1.82, 2.24) is 4.90 Å². The van der Waals surface area contributed by atoms with Gasteiger partial charge < -0.3 is 15.6 Å². The van der Waals surface area contributed by atoms with E-state index in [4.69, 9.17) is 10.5 Å². The number of ether oxygens (including phenoxy) is 1. The van der Waals surface area contributed by atoms with E-state index < -0.39 is 41.0 Å². The third kappa shape index (κ3) is 6.16. The van der Waals surface area contributed by atoms with Crippen molar-refractivity contribution in [2.75, 3.05) is 5.73 Å². The molecule has 0 fully saturated rings. The van der Waals surface area contributed by atoms with E-state index in [0.29, 0.717) is 0 Å². The number of carboxylic acids is 1. The fourth-order valence-corrected chi connectivity index (χ4v) is 2.36. The lowest BCUT2D eigenvalue weighted by Gasteiger charge is -2.32. The van der Waals surface area contributed by atoms with Crippen LogP contribution in [0.4, 0.5) is 19.3 Å². The first-order chi connectivity index (χ1) is 11.8. The lowest BCUT2D eigenvalue weighted by molar-refractivity contribution is -0.144. The molecular formula is C18H26F2N2O4. The van der Waals surface area contributed by atoms with Gasteiger partial charge in [-0.05, 0) is 50.8 Å². The van der Waals surface area contributed by atoms with Gasteiger partial charge >= 0.3 is 12.1 Å². The molecule has 0 saturated carbocycles. The Morgan fingerprint density at radius 2 is 1.73 bits per heavy atom. The summed E-state index contributed by atoms with van der Waals surface area (Å²) in [4.78, 5) is 25.2. The van der Waals surface area contributed by atoms with Crippen molar-refractivity contribution in [3.05, 3.63) is 29.3 Å². The molecule has 0 aliphatic carbocycles. The molecule has 0 bridgehead atoms. The monoisotopic (exact) mass is 372 g/mol. The van der Waals surface area contributed by atoms with Crippen LogP contribution in [0.5, 0.6) is 0 Å². The summed E-state index contributed by atoms with van der Waals surface area (Å²) in [6.45, 7) is 8.22. The number of hydrogen-bond acceptors (Lipinski definition) is 4. The fraction of sp³-hybridized carbons (Fsp3) is 0.556. The molecule has 1 amide bonds. The highest BCUT2D eigenvalue weighted by molar-refractivity contribution is 5.80. The summed E-state index contributed by atoms with van der Waals surface area (Å²) < 4.78 is 32.7. The van der Waals surface area contributed by atoms with Crippen LogP contribution in [0.25, 0.3) is 0 Å². The topological polar surface area (TPSA) is 92.9 Å². The van der Waals surface area contributed by atoms with Crippen molar-refractivity contribution in [3.8, 4) is 0 Å². The van der Waals surface area contributed by atoms with E-state index >= 15 is 0 Å². The van der Waals surface area contributed by atoms with Crippen LogP contribution in [0, 0.1) is 17.6 Å². The molecule has 6 nitrogen and oxygen atoms in total. The number of benzene rings is 1. The normalized spacial score (nSPS) is 12.8. The number of rotatable bonds is 6. The van der Waals surface area contributed by atoms with Crippen molar-refractivity contribution >= 4 is 17.7 Å². The molecule has 146 valence electrons. The summed E-state index contributed by atoms with van der Waals surface area (Å²) in [7, 11) is 0. The predicted octanol–water partition coefficient (Wildman–Crippen LogP) is 3.78. The van der Waals surface area contributed by atoms with Crippen LogP contribution in [-0.2, 0) is 16.1 Å². The average Bonchev–Trinajstić information content (AvgIpc) is 2.45. The van der Waals surface area contributed by atoms with E-state index in [-0.39, 0.29) is 24.4 Å². The van der Waals surface area contributed by atoms with Gasteiger partial charge in [0.1, 0.15) is 29.0 Å². The lowest BCUT2D eigenvalue weighted by atomic mass is 10.0. The van der Waals surface area contributed by atoms with Gasteiger partial charge in [-0.1, -0.05) is 13.8 Å². The van der Waals surface area contributed by atoms with Crippen LogP contribution >= 0.6 is 0 Å². The Morgan fingerprint density at radius 1 is 1.23 bits per heavy atom. The van der Waals surface area contributed by atoms with Gasteiger partial charge in [-0.15, -0.1) is 0 Å². The second-order valence-electron chi connectivity index (χ2n) is 7.56. The SMILES string of the molecule is CC(C)CC(C(=O)O)N(Cc1cc(F)c(N)c(F)c1)C(=O)OC(C)(C)C. The molecule has 0 radical (unpaired) electrons. The molecule has 0 saturated heterocycles. The van der Waals surface area contributed by atoms with Crippen molar-refractivity contribution in [1.29, 1.82) is 0 Å². The molecule has 0 aromatic heterocycles. The third-order valence-electron chi connectivity index (χ3n) is 3.48. The number of amides is 1. The Balaban J connectivity index is 3.26. The lowest BCUT2D eigenvalue weighted by Crippen LogP contribution is -2.47. The number of halogens is 2. The van der Waals surface area contributed by atoms with Gasteiger partial charge in [0.2, 0.25) is 0 Å². The largest absolute Gasteiger partial charge is 0.480 e. The Hall–Kier alpha value is -2.38. The Bertz CT molecular complexity index is 649. The van der Waals surface area contributed by atoms with Gasteiger partial charge in [0.25, 0.3) is 0 Å². The predicted molar refractivity (Wildman–Crippen MR) is 93.4 cm³/mol. The number of carbonyl (C=O) groups is 2. The van der Waals surface area contributed by atoms with Gasteiger partial charge in [-0.3, -0.25) is 4.90 Å². The van der Waals surface area contributed by atoms with Crippen LogP contribution in [0.15, 0.2) is 12.1 Å². The van der Waals surface area contributed by atoms with E-state index in [1.54, 1.807) is 20.8 Å². The minimum absolute atomic E-state index is 0.0269. The summed E-state index contributed by atoms with van der Waals surface area (Å²) in [5, 5.41) is 9.55. The zero-order chi connectivity index (χ0) is 20.2. The number of nitrogen functional groups attached to an aromatic ring is 1. The highest BCUT2D eigenvalue weighted by Gasteiger charge is 2.33. The van der Waals surface area contributed by atoms with Crippen LogP contribution in [0.3, 0.4) is 0 Å². The summed E-state index contributed by atoms with van der Waals surface area (Å²) in [5.74, 6) is -3.19. The molecule has 3 N–H and O–H groups in total. The second-order valence-corrected chi connectivity index (χ2v) is 7.56. The average molecular weight is 372 g/mol. The van der Waals surface area contributed by atoms with Crippen molar-refractivity contribution < 1.29 is 28.2 Å². The number of carbonyl (C=O) groups excluding carboxylic acids is 1. The fourth-order valence-electron chi connectivity index (χ4n) is 2.36. The number of aliphatic carboxylic acids is 1. The summed E-state index contributed by atoms with van der Waals surface area (Å²) in [6, 6.07) is 0.752. The quantitative estimate of drug-likeness (QED) is 0.741. The Kier molecular flexibility index (Phi) is 6.94. The zero-order valence-corrected chi connectivity index (χ0v) is 15.7. The minimum Gasteiger partial charge on any atom is -0.480 e. The van der Waals surface area contributed by atoms with Gasteiger partial charge in [0, 0.05) is 0 Å². The molecular weight excluding hydrogens is 346 g/mol. The first kappa shape index (κ1) is 21.7. The van der Waals surface area contributed by atoms with E-state index in [1.165, 1.54) is 0 Å². The van der Waals surface area contributed by atoms with E-state index in [0.717, 1.165) is 17.0 Å². The molecule has 0 aliphatic heterocycles. The first-order valence-corrected chi connectivity index (χ1v) is 8.27. The van der Waals surface area contributed by atoms with Crippen molar-refractivity contribution in [3.63, 3.8) is 0 Å². The summed E-state index contributed by atoms with van der Waals surface area (Å²) in [6.07, 6.45) is -0.711. The van der Waals surface area contributed by atoms with Crippen molar-refractivity contribution in [2.24, 2.45) is 5.92 Å². The maximum atomic E-state index is 13.7. The molecule has 1 aromatic carbocycles. The molecule has 0 aliphatic rings. The smallest absolute Gasteiger partial charge is 0.411 e. The number of carboxylic acid groups (broad SMARTS) is 1. The first-order valence-electron chi connectivity index (χ1n) is 8.27. The number of hydrogen-bond donors (Lipinski definition) is 2. The minimum atomic E-state index is -1.22. The Morgan fingerprint density at radius 3 is 2.12 bits per heavy atom. The van der Waals surface area contributed by atoms with E-state index in [9.17, 15) is 23.5 Å². The standard InChI is InChI=1S/C18H26F2N2O4/c1-10(2)6-14(16(23)24)22(17(25)26-18(3,4)5)9-11-7-12(19)15(21)13(20)8-11/h7-8,10,14H,6,9,21H2,1-5H3,(H,23,24). The summed E-state index contributed by atoms with van der Waals surface area (Å²) in [5.41, 5.74) is 3.84. The maximum Gasteiger partial charge on any atom is 0.411 e. The molecule has 1 atom stereocenters. The van der Waals surface area contributed by atoms with Gasteiger partial charge in [0.15, 0.2) is 0 Å². The second kappa shape index (κ2) is 8.33. The number of nitrogens with zero attached hydrogens (tertiary/aromatic N) is 1. The van der Waals surface area contributed by atoms with Crippen LogP contribution in [-0.4, -0.2) is 33.7 Å². The van der Waals surface area contributed by atoms with E-state index in [2.05, 4.69) is 0 Å². The summed E-state index contributed by atoms with van der Waals surface area (Å²) >= 11 is 0. The number of nitrogens with two attached hydrogens (primary N) is 1. The molecule has 1 rings (SSSR count). The zero-order valence-electron chi connectivity index (χ0n) is 15.7. The highest BCUT2D eigenvalue weighted by Crippen LogP contribution is 2.23. The molecule has 0 spiro atoms. The maximum absolute atomic E-state index is 13.7. The van der Waals surface area contributed by atoms with Gasteiger partial charge in [-0.2, -0.15) is 0 Å². The third-order valence-corrected chi connectivity index (χ3v) is 3.48. The van der Waals surface area contributed by atoms with Gasteiger partial charge in [0.05, 0.1) is 6.54 Å². The molecule has 8 heteroatoms. The van der Waals surface area contributed by atoms with Crippen LogP contribution in [0.1, 0.15) is 46.6 Å². The molecule has 0 heterocycles. The van der Waals surface area contributed by atoms with Crippen molar-refractivity contribution in [2.45, 2.75) is 59.2 Å². The van der Waals surface area contributed by atoms with Gasteiger partial charge in [-0.25, -0.2) is 18.4 Å².